The Balaban J connectivity index is 1.53. The van der Waals surface area contributed by atoms with Crippen molar-refractivity contribution in [2.24, 2.45) is 0 Å². The van der Waals surface area contributed by atoms with Gasteiger partial charge in [-0.05, 0) is 55.0 Å². The van der Waals surface area contributed by atoms with E-state index in [0.717, 1.165) is 23.4 Å². The number of anilines is 1. The first-order valence-electron chi connectivity index (χ1n) is 9.65. The third-order valence-corrected chi connectivity index (χ3v) is 6.80. The Labute approximate surface area is 179 Å². The lowest BCUT2D eigenvalue weighted by Gasteiger charge is -2.26. The highest BCUT2D eigenvalue weighted by Crippen LogP contribution is 2.24. The maximum Gasteiger partial charge on any atom is 0.255 e. The molecule has 2 heterocycles. The van der Waals surface area contributed by atoms with E-state index in [1.54, 1.807) is 35.1 Å². The van der Waals surface area contributed by atoms with E-state index in [4.69, 9.17) is 4.74 Å². The fourth-order valence-corrected chi connectivity index (χ4v) is 4.73. The van der Waals surface area contributed by atoms with Crippen LogP contribution < -0.4 is 5.32 Å². The quantitative estimate of drug-likeness (QED) is 0.653. The summed E-state index contributed by atoms with van der Waals surface area (Å²) in [6.07, 6.45) is 3.60. The molecule has 10 heteroatoms. The third kappa shape index (κ3) is 4.50. The summed E-state index contributed by atoms with van der Waals surface area (Å²) in [5.74, 6) is -1.31. The van der Waals surface area contributed by atoms with Crippen molar-refractivity contribution in [3.05, 3.63) is 71.8 Å². The van der Waals surface area contributed by atoms with Crippen molar-refractivity contribution in [2.75, 3.05) is 31.6 Å². The van der Waals surface area contributed by atoms with Crippen LogP contribution in [0.5, 0.6) is 0 Å². The first-order valence-corrected chi connectivity index (χ1v) is 11.1. The zero-order valence-corrected chi connectivity index (χ0v) is 17.6. The number of amides is 1. The molecule has 1 amide bonds. The summed E-state index contributed by atoms with van der Waals surface area (Å²) < 4.78 is 48.0. The second kappa shape index (κ2) is 8.58. The molecular weight excluding hydrogens is 423 g/mol. The Kier molecular flexibility index (Phi) is 5.86. The summed E-state index contributed by atoms with van der Waals surface area (Å²) in [4.78, 5) is 12.1. The van der Waals surface area contributed by atoms with Crippen LogP contribution in [0.4, 0.5) is 10.1 Å². The monoisotopic (exact) mass is 444 g/mol. The van der Waals surface area contributed by atoms with Gasteiger partial charge < -0.3 is 10.1 Å². The van der Waals surface area contributed by atoms with E-state index in [-0.39, 0.29) is 32.0 Å². The van der Waals surface area contributed by atoms with E-state index in [0.29, 0.717) is 5.56 Å². The van der Waals surface area contributed by atoms with Crippen molar-refractivity contribution < 1.29 is 22.3 Å². The zero-order valence-electron chi connectivity index (χ0n) is 16.8. The van der Waals surface area contributed by atoms with E-state index in [1.165, 1.54) is 10.4 Å². The Bertz CT molecular complexity index is 1200. The van der Waals surface area contributed by atoms with E-state index in [9.17, 15) is 17.6 Å². The maximum absolute atomic E-state index is 14.3. The van der Waals surface area contributed by atoms with Crippen LogP contribution in [0.25, 0.3) is 5.69 Å². The van der Waals surface area contributed by atoms with Crippen LogP contribution in [0.3, 0.4) is 0 Å². The van der Waals surface area contributed by atoms with Crippen LogP contribution >= 0.6 is 0 Å². The van der Waals surface area contributed by atoms with Gasteiger partial charge in [-0.2, -0.15) is 9.40 Å². The third-order valence-electron chi connectivity index (χ3n) is 4.88. The number of morpholine rings is 1. The smallest absolute Gasteiger partial charge is 0.255 e. The van der Waals surface area contributed by atoms with E-state index < -0.39 is 26.6 Å². The SMILES string of the molecule is Cc1cnn(-c2ccc(C(=O)Nc3ccc(F)c(S(=O)(=O)N4CCOCC4)c3)cc2)c1. The normalized spacial score (nSPS) is 15.0. The molecular formula is C21H21FN4O4S. The van der Waals surface area contributed by atoms with Gasteiger partial charge in [-0.1, -0.05) is 0 Å². The lowest BCUT2D eigenvalue weighted by molar-refractivity contribution is 0.0729. The standard InChI is InChI=1S/C21H21FN4O4S/c1-15-13-23-26(14-15)18-5-2-16(3-6-18)21(27)24-17-4-7-19(22)20(12-17)31(28,29)25-8-10-30-11-9-25/h2-7,12-14H,8-11H2,1H3,(H,24,27). The summed E-state index contributed by atoms with van der Waals surface area (Å²) in [6, 6.07) is 10.3. The van der Waals surface area contributed by atoms with Crippen LogP contribution in [0.2, 0.25) is 0 Å². The number of aryl methyl sites for hydroxylation is 1. The molecule has 31 heavy (non-hydrogen) atoms. The molecule has 0 saturated carbocycles. The average Bonchev–Trinajstić information content (AvgIpc) is 3.22. The van der Waals surface area contributed by atoms with Gasteiger partial charge in [0.2, 0.25) is 10.0 Å². The number of nitrogens with one attached hydrogen (secondary N) is 1. The molecule has 8 nitrogen and oxygen atoms in total. The van der Waals surface area contributed by atoms with Crippen LogP contribution in [-0.2, 0) is 14.8 Å². The molecule has 0 radical (unpaired) electrons. The fraction of sp³-hybridized carbons (Fsp3) is 0.238. The molecule has 1 fully saturated rings. The number of ether oxygens (including phenoxy) is 1. The Morgan fingerprint density at radius 2 is 1.84 bits per heavy atom. The highest BCUT2D eigenvalue weighted by Gasteiger charge is 2.29. The molecule has 1 aromatic heterocycles. The average molecular weight is 444 g/mol. The molecule has 1 aliphatic heterocycles. The van der Waals surface area contributed by atoms with Crippen molar-refractivity contribution in [2.45, 2.75) is 11.8 Å². The highest BCUT2D eigenvalue weighted by molar-refractivity contribution is 7.89. The number of rotatable bonds is 5. The number of carbonyl (C=O) groups is 1. The number of aromatic nitrogens is 2. The molecule has 0 unspecified atom stereocenters. The van der Waals surface area contributed by atoms with Crippen molar-refractivity contribution in [3.8, 4) is 5.69 Å². The minimum Gasteiger partial charge on any atom is -0.379 e. The summed E-state index contributed by atoms with van der Waals surface area (Å²) >= 11 is 0. The van der Waals surface area contributed by atoms with Crippen molar-refractivity contribution in [1.82, 2.24) is 14.1 Å². The van der Waals surface area contributed by atoms with Crippen LogP contribution in [0.1, 0.15) is 15.9 Å². The second-order valence-corrected chi connectivity index (χ2v) is 9.03. The van der Waals surface area contributed by atoms with Gasteiger partial charge in [0.25, 0.3) is 5.91 Å². The second-order valence-electron chi connectivity index (χ2n) is 7.12. The number of nitrogens with zero attached hydrogens (tertiary/aromatic N) is 3. The van der Waals surface area contributed by atoms with Gasteiger partial charge >= 0.3 is 0 Å². The molecule has 4 rings (SSSR count). The van der Waals surface area contributed by atoms with Gasteiger partial charge in [0.15, 0.2) is 0 Å². The van der Waals surface area contributed by atoms with Gasteiger partial charge in [-0.25, -0.2) is 17.5 Å². The number of hydrogen-bond acceptors (Lipinski definition) is 5. The van der Waals surface area contributed by atoms with Gasteiger partial charge in [0.05, 0.1) is 25.1 Å². The van der Waals surface area contributed by atoms with Crippen molar-refractivity contribution in [1.29, 1.82) is 0 Å². The van der Waals surface area contributed by atoms with Gasteiger partial charge in [0.1, 0.15) is 10.7 Å². The number of hydrogen-bond donors (Lipinski definition) is 1. The first kappa shape index (κ1) is 21.2. The summed E-state index contributed by atoms with van der Waals surface area (Å²) in [6.45, 7) is 2.75. The van der Waals surface area contributed by atoms with Gasteiger partial charge in [-0.15, -0.1) is 0 Å². The molecule has 1 aliphatic rings. The molecule has 0 bridgehead atoms. The Morgan fingerprint density at radius 3 is 2.48 bits per heavy atom. The van der Waals surface area contributed by atoms with Gasteiger partial charge in [-0.3, -0.25) is 4.79 Å². The summed E-state index contributed by atoms with van der Waals surface area (Å²) in [5.41, 5.74) is 2.37. The lowest BCUT2D eigenvalue weighted by atomic mass is 10.2. The van der Waals surface area contributed by atoms with Crippen LogP contribution in [0.15, 0.2) is 59.8 Å². The topological polar surface area (TPSA) is 93.5 Å². The summed E-state index contributed by atoms with van der Waals surface area (Å²) in [5, 5.41) is 6.85. The summed E-state index contributed by atoms with van der Waals surface area (Å²) in [7, 11) is -4.03. The van der Waals surface area contributed by atoms with E-state index in [1.807, 2.05) is 13.1 Å². The fourth-order valence-electron chi connectivity index (χ4n) is 3.23. The molecule has 2 aromatic carbocycles. The molecule has 0 aliphatic carbocycles. The lowest BCUT2D eigenvalue weighted by Crippen LogP contribution is -2.40. The van der Waals surface area contributed by atoms with Crippen molar-refractivity contribution >= 4 is 21.6 Å². The highest BCUT2D eigenvalue weighted by atomic mass is 32.2. The molecule has 0 spiro atoms. The number of sulfonamides is 1. The molecule has 1 saturated heterocycles. The Morgan fingerprint density at radius 1 is 1.13 bits per heavy atom. The van der Waals surface area contributed by atoms with Crippen LogP contribution in [-0.4, -0.2) is 54.7 Å². The largest absolute Gasteiger partial charge is 0.379 e. The minimum absolute atomic E-state index is 0.153. The Hall–Kier alpha value is -3.08. The van der Waals surface area contributed by atoms with E-state index in [2.05, 4.69) is 10.4 Å². The van der Waals surface area contributed by atoms with Crippen LogP contribution in [0, 0.1) is 12.7 Å². The van der Waals surface area contributed by atoms with Crippen molar-refractivity contribution in [3.63, 3.8) is 0 Å². The van der Waals surface area contributed by atoms with Gasteiger partial charge in [0, 0.05) is 30.5 Å². The molecule has 162 valence electrons. The number of halogens is 1. The maximum atomic E-state index is 14.3. The predicted octanol–water partition coefficient (Wildman–Crippen LogP) is 2.59. The van der Waals surface area contributed by atoms with E-state index >= 15 is 0 Å². The predicted molar refractivity (Wildman–Crippen MR) is 112 cm³/mol. The molecule has 3 aromatic rings. The number of benzene rings is 2. The zero-order chi connectivity index (χ0) is 22.0. The minimum atomic E-state index is -4.03. The molecule has 1 N–H and O–H groups in total. The number of carbonyl (C=O) groups excluding carboxylic acids is 1. The molecule has 0 atom stereocenters. The first-order chi connectivity index (χ1) is 14.8.